The van der Waals surface area contributed by atoms with Crippen molar-refractivity contribution in [3.63, 3.8) is 0 Å². The van der Waals surface area contributed by atoms with E-state index in [2.05, 4.69) is 4.99 Å². The molecular weight excluding hydrogens is 344 g/mol. The molecule has 130 valence electrons. The van der Waals surface area contributed by atoms with Gasteiger partial charge >= 0.3 is 0 Å². The number of hydrogen-bond acceptors (Lipinski definition) is 4. The van der Waals surface area contributed by atoms with Crippen LogP contribution in [0.3, 0.4) is 0 Å². The third-order valence-electron chi connectivity index (χ3n) is 3.46. The van der Waals surface area contributed by atoms with Crippen LogP contribution < -0.4 is 15.2 Å². The van der Waals surface area contributed by atoms with Crippen molar-refractivity contribution in [2.45, 2.75) is 19.6 Å². The van der Waals surface area contributed by atoms with Crippen molar-refractivity contribution in [1.82, 2.24) is 0 Å². The summed E-state index contributed by atoms with van der Waals surface area (Å²) < 4.78 is 10.7. The molecular formula is C18H23ClN2O2S. The van der Waals surface area contributed by atoms with E-state index in [-0.39, 0.29) is 12.4 Å². The summed E-state index contributed by atoms with van der Waals surface area (Å²) in [7, 11) is 3.27. The minimum atomic E-state index is 0. The van der Waals surface area contributed by atoms with E-state index in [9.17, 15) is 0 Å². The van der Waals surface area contributed by atoms with Crippen molar-refractivity contribution in [3.05, 3.63) is 53.1 Å². The maximum Gasteiger partial charge on any atom is 0.161 e. The molecule has 24 heavy (non-hydrogen) atoms. The number of hydrogen-bond donors (Lipinski definition) is 1. The van der Waals surface area contributed by atoms with Crippen molar-refractivity contribution >= 4 is 35.0 Å². The van der Waals surface area contributed by atoms with Gasteiger partial charge < -0.3 is 15.2 Å². The molecule has 2 N–H and O–H groups in total. The third kappa shape index (κ3) is 5.35. The maximum absolute atomic E-state index is 6.04. The lowest BCUT2D eigenvalue weighted by Gasteiger charge is -2.12. The Kier molecular flexibility index (Phi) is 7.95. The van der Waals surface area contributed by atoms with E-state index in [0.717, 1.165) is 34.1 Å². The summed E-state index contributed by atoms with van der Waals surface area (Å²) in [5, 5.41) is 0.546. The summed E-state index contributed by atoms with van der Waals surface area (Å²) in [4.78, 5) is 4.44. The van der Waals surface area contributed by atoms with Gasteiger partial charge in [0.05, 0.1) is 19.9 Å². The lowest BCUT2D eigenvalue weighted by molar-refractivity contribution is 0.354. The van der Waals surface area contributed by atoms with Crippen LogP contribution in [-0.2, 0) is 5.75 Å². The van der Waals surface area contributed by atoms with Crippen LogP contribution in [0.25, 0.3) is 0 Å². The monoisotopic (exact) mass is 366 g/mol. The Morgan fingerprint density at radius 1 is 1.08 bits per heavy atom. The van der Waals surface area contributed by atoms with E-state index in [4.69, 9.17) is 15.2 Å². The lowest BCUT2D eigenvalue weighted by atomic mass is 10.1. The normalized spacial score (nSPS) is 10.9. The van der Waals surface area contributed by atoms with Crippen molar-refractivity contribution < 1.29 is 9.47 Å². The summed E-state index contributed by atoms with van der Waals surface area (Å²) in [6, 6.07) is 11.9. The van der Waals surface area contributed by atoms with E-state index in [1.165, 1.54) is 17.3 Å². The van der Waals surface area contributed by atoms with Crippen LogP contribution in [0.15, 0.2) is 41.4 Å². The molecule has 0 aromatic heterocycles. The SMILES string of the molecule is COc1cc(C)c(CSC(N)=Nc2cccc(C)c2)cc1OC.Cl. The van der Waals surface area contributed by atoms with E-state index >= 15 is 0 Å². The van der Waals surface area contributed by atoms with Gasteiger partial charge in [-0.2, -0.15) is 0 Å². The van der Waals surface area contributed by atoms with Gasteiger partial charge in [-0.05, 0) is 54.8 Å². The van der Waals surface area contributed by atoms with E-state index < -0.39 is 0 Å². The summed E-state index contributed by atoms with van der Waals surface area (Å²) in [6.45, 7) is 4.08. The Bertz CT molecular complexity index is 720. The fraction of sp³-hybridized carbons (Fsp3) is 0.278. The molecule has 0 aliphatic heterocycles. The van der Waals surface area contributed by atoms with Crippen LogP contribution in [0.5, 0.6) is 11.5 Å². The Labute approximate surface area is 153 Å². The van der Waals surface area contributed by atoms with E-state index in [1.807, 2.05) is 50.2 Å². The zero-order valence-corrected chi connectivity index (χ0v) is 16.0. The van der Waals surface area contributed by atoms with Crippen LogP contribution in [0.2, 0.25) is 0 Å². The fourth-order valence-electron chi connectivity index (χ4n) is 2.19. The number of methoxy groups -OCH3 is 2. The first-order chi connectivity index (χ1) is 11.0. The highest BCUT2D eigenvalue weighted by Crippen LogP contribution is 2.32. The number of rotatable bonds is 5. The molecule has 0 spiro atoms. The Balaban J connectivity index is 0.00000288. The smallest absolute Gasteiger partial charge is 0.161 e. The zero-order chi connectivity index (χ0) is 16.8. The second-order valence-electron chi connectivity index (χ2n) is 5.21. The molecule has 0 bridgehead atoms. The molecule has 2 rings (SSSR count). The minimum Gasteiger partial charge on any atom is -0.493 e. The second kappa shape index (κ2) is 9.45. The maximum atomic E-state index is 6.04. The second-order valence-corrected chi connectivity index (χ2v) is 6.21. The number of aryl methyl sites for hydroxylation is 2. The highest BCUT2D eigenvalue weighted by molar-refractivity contribution is 8.13. The predicted molar refractivity (Wildman–Crippen MR) is 105 cm³/mol. The molecule has 0 atom stereocenters. The molecule has 0 radical (unpaired) electrons. The van der Waals surface area contributed by atoms with Gasteiger partial charge in [-0.1, -0.05) is 23.9 Å². The molecule has 2 aromatic carbocycles. The molecule has 6 heteroatoms. The summed E-state index contributed by atoms with van der Waals surface area (Å²) in [5.74, 6) is 2.19. The summed E-state index contributed by atoms with van der Waals surface area (Å²) in [6.07, 6.45) is 0. The first kappa shape index (κ1) is 20.2. The zero-order valence-electron chi connectivity index (χ0n) is 14.3. The van der Waals surface area contributed by atoms with Crippen molar-refractivity contribution in [1.29, 1.82) is 0 Å². The first-order valence-electron chi connectivity index (χ1n) is 7.28. The van der Waals surface area contributed by atoms with E-state index in [1.54, 1.807) is 14.2 Å². The van der Waals surface area contributed by atoms with Gasteiger partial charge in [0.25, 0.3) is 0 Å². The van der Waals surface area contributed by atoms with Gasteiger partial charge in [-0.15, -0.1) is 12.4 Å². The number of nitrogens with zero attached hydrogens (tertiary/aromatic N) is 1. The molecule has 0 saturated heterocycles. The highest BCUT2D eigenvalue weighted by Gasteiger charge is 2.09. The topological polar surface area (TPSA) is 56.8 Å². The highest BCUT2D eigenvalue weighted by atomic mass is 35.5. The largest absolute Gasteiger partial charge is 0.493 e. The number of benzene rings is 2. The number of amidine groups is 1. The Morgan fingerprint density at radius 2 is 1.75 bits per heavy atom. The number of ether oxygens (including phenoxy) is 2. The molecule has 0 saturated carbocycles. The first-order valence-corrected chi connectivity index (χ1v) is 8.27. The number of halogens is 1. The summed E-state index contributed by atoms with van der Waals surface area (Å²) >= 11 is 1.51. The molecule has 4 nitrogen and oxygen atoms in total. The molecule has 0 unspecified atom stereocenters. The van der Waals surface area contributed by atoms with Crippen LogP contribution in [0, 0.1) is 13.8 Å². The number of thioether (sulfide) groups is 1. The third-order valence-corrected chi connectivity index (χ3v) is 4.30. The standard InChI is InChI=1S/C18H22N2O2S.ClH/c1-12-6-5-7-15(8-12)20-18(19)23-11-14-10-17(22-4)16(21-3)9-13(14)2;/h5-10H,11H2,1-4H3,(H2,19,20);1H. The van der Waals surface area contributed by atoms with Crippen molar-refractivity contribution in [2.24, 2.45) is 10.7 Å². The van der Waals surface area contributed by atoms with Crippen LogP contribution in [0.4, 0.5) is 5.69 Å². The van der Waals surface area contributed by atoms with Gasteiger partial charge in [0.1, 0.15) is 0 Å². The van der Waals surface area contributed by atoms with Gasteiger partial charge in [0.15, 0.2) is 16.7 Å². The molecule has 0 heterocycles. The molecule has 0 aliphatic rings. The average Bonchev–Trinajstić information content (AvgIpc) is 2.53. The van der Waals surface area contributed by atoms with Crippen LogP contribution >= 0.6 is 24.2 Å². The number of aliphatic imine (C=N–C) groups is 1. The van der Waals surface area contributed by atoms with Gasteiger partial charge in [0, 0.05) is 5.75 Å². The molecule has 0 amide bonds. The van der Waals surface area contributed by atoms with Crippen LogP contribution in [0.1, 0.15) is 16.7 Å². The van der Waals surface area contributed by atoms with Crippen molar-refractivity contribution in [2.75, 3.05) is 14.2 Å². The average molecular weight is 367 g/mol. The van der Waals surface area contributed by atoms with Gasteiger partial charge in [0.2, 0.25) is 0 Å². The predicted octanol–water partition coefficient (Wildman–Crippen LogP) is 4.62. The Morgan fingerprint density at radius 3 is 2.38 bits per heavy atom. The Hall–Kier alpha value is -1.85. The molecule has 0 aliphatic carbocycles. The quantitative estimate of drug-likeness (QED) is 0.619. The van der Waals surface area contributed by atoms with Crippen LogP contribution in [-0.4, -0.2) is 19.4 Å². The minimum absolute atomic E-state index is 0. The molecule has 0 fully saturated rings. The number of nitrogens with two attached hydrogens (primary N) is 1. The lowest BCUT2D eigenvalue weighted by Crippen LogP contribution is -2.06. The molecule has 2 aromatic rings. The fourth-order valence-corrected chi connectivity index (χ4v) is 2.97. The van der Waals surface area contributed by atoms with Gasteiger partial charge in [-0.25, -0.2) is 4.99 Å². The van der Waals surface area contributed by atoms with Gasteiger partial charge in [-0.3, -0.25) is 0 Å². The van der Waals surface area contributed by atoms with Crippen molar-refractivity contribution in [3.8, 4) is 11.5 Å². The summed E-state index contributed by atoms with van der Waals surface area (Å²) in [5.41, 5.74) is 10.4. The van der Waals surface area contributed by atoms with E-state index in [0.29, 0.717) is 5.17 Å².